The van der Waals surface area contributed by atoms with Crippen LogP contribution < -0.4 is 28.9 Å². The van der Waals surface area contributed by atoms with Gasteiger partial charge in [-0.15, -0.1) is 5.10 Å². The number of alkyl carbamates (subject to hydrolysis) is 2. The fourth-order valence-corrected chi connectivity index (χ4v) is 8.08. The molecule has 18 heteroatoms. The number of ether oxygens (including phenoxy) is 3. The number of hydrogen-bond acceptors (Lipinski definition) is 12. The number of nitrogens with zero attached hydrogens (tertiary/aromatic N) is 4. The second-order valence-corrected chi connectivity index (χ2v) is 22.9. The molecule has 0 saturated carbocycles. The molecule has 4 aromatic carbocycles. The van der Waals surface area contributed by atoms with Crippen LogP contribution in [-0.4, -0.2) is 78.2 Å². The third-order valence-electron chi connectivity index (χ3n) is 8.98. The SMILES string of the molecule is CCC(C)(C)Oc1ccc(C=NN(C)[P+](=S)Oc2ccc(C=NN(C)P(=S)(Oc3ccc(CCNC(=O)OC(C)(C)C)cc3)Oc3ccc(CCNC(=O)OC(C)(C)C)cc3)cc2)cc1. The lowest BCUT2D eigenvalue weighted by Crippen LogP contribution is -2.33. The lowest BCUT2D eigenvalue weighted by Gasteiger charge is -2.29. The zero-order chi connectivity index (χ0) is 47.8. The molecule has 0 bridgehead atoms. The van der Waals surface area contributed by atoms with Crippen LogP contribution in [-0.2, 0) is 45.9 Å². The first-order valence-corrected chi connectivity index (χ1v) is 26.0. The van der Waals surface area contributed by atoms with E-state index in [1.54, 1.807) is 31.3 Å². The quantitative estimate of drug-likeness (QED) is 0.0466. The van der Waals surface area contributed by atoms with E-state index in [0.717, 1.165) is 34.4 Å². The summed E-state index contributed by atoms with van der Waals surface area (Å²) in [7, 11) is 1.99. The molecule has 0 aliphatic heterocycles. The van der Waals surface area contributed by atoms with Crippen molar-refractivity contribution in [2.75, 3.05) is 27.2 Å². The van der Waals surface area contributed by atoms with Crippen molar-refractivity contribution in [1.29, 1.82) is 0 Å². The molecule has 0 aromatic heterocycles. The van der Waals surface area contributed by atoms with Gasteiger partial charge in [-0.2, -0.15) is 5.10 Å². The summed E-state index contributed by atoms with van der Waals surface area (Å²) in [4.78, 5) is 24.2. The Morgan fingerprint density at radius 3 is 1.46 bits per heavy atom. The highest BCUT2D eigenvalue weighted by Gasteiger charge is 2.29. The van der Waals surface area contributed by atoms with Gasteiger partial charge in [0.2, 0.25) is 11.8 Å². The van der Waals surface area contributed by atoms with Crippen LogP contribution in [0.25, 0.3) is 0 Å². The highest BCUT2D eigenvalue weighted by molar-refractivity contribution is 8.09. The first kappa shape index (κ1) is 52.4. The van der Waals surface area contributed by atoms with Gasteiger partial charge in [0, 0.05) is 31.9 Å². The highest BCUT2D eigenvalue weighted by Crippen LogP contribution is 2.51. The number of hydrogen-bond donors (Lipinski definition) is 2. The molecule has 0 aliphatic rings. The minimum Gasteiger partial charge on any atom is -0.488 e. The Labute approximate surface area is 395 Å². The van der Waals surface area contributed by atoms with E-state index in [1.165, 1.54) is 4.78 Å². The fraction of sp³-hybridized carbons (Fsp3) is 0.404. The lowest BCUT2D eigenvalue weighted by atomic mass is 10.1. The standard InChI is InChI=1S/C47H62N6O8P2S2/c1-12-47(8,9)56-39-21-17-37(18-22-39)33-50-52(10)62(64)59-40-23-19-38(20-24-40)34-51-53(11)63(65,60-41-25-13-35(14-26-41)29-31-48-43(54)57-45(2,3)4)61-42-27-15-36(16-28-42)30-32-49-44(55)58-46(5,6)7/h13-28,33-34H,12,29-32H2,1-11H3,(H-,48,49,54,55)/p+1. The Bertz CT molecular complexity index is 2200. The molecule has 0 spiro atoms. The molecule has 1 unspecified atom stereocenters. The average molecular weight is 966 g/mol. The van der Waals surface area contributed by atoms with Gasteiger partial charge in [0.15, 0.2) is 5.75 Å². The Kier molecular flexibility index (Phi) is 19.2. The predicted molar refractivity (Wildman–Crippen MR) is 268 cm³/mol. The van der Waals surface area contributed by atoms with Crippen molar-refractivity contribution in [3.63, 3.8) is 0 Å². The molecule has 2 amide bonds. The summed E-state index contributed by atoms with van der Waals surface area (Å²) in [6.45, 7) is 14.6. The molecule has 14 nitrogen and oxygen atoms in total. The zero-order valence-electron chi connectivity index (χ0n) is 39.2. The number of carbonyl (C=O) groups excluding carboxylic acids is 2. The molecule has 4 aromatic rings. The molecular weight excluding hydrogens is 903 g/mol. The molecule has 65 heavy (non-hydrogen) atoms. The number of nitrogens with one attached hydrogen (secondary N) is 2. The van der Waals surface area contributed by atoms with E-state index < -0.39 is 37.1 Å². The van der Waals surface area contributed by atoms with Crippen molar-refractivity contribution in [1.82, 2.24) is 20.2 Å². The van der Waals surface area contributed by atoms with E-state index in [4.69, 9.17) is 51.4 Å². The molecule has 0 radical (unpaired) electrons. The molecule has 0 aliphatic carbocycles. The van der Waals surface area contributed by atoms with Crippen LogP contribution >= 0.6 is 13.7 Å². The van der Waals surface area contributed by atoms with Crippen LogP contribution in [0.3, 0.4) is 0 Å². The van der Waals surface area contributed by atoms with Gasteiger partial charge in [0.1, 0.15) is 34.1 Å². The highest BCUT2D eigenvalue weighted by atomic mass is 32.5. The lowest BCUT2D eigenvalue weighted by molar-refractivity contribution is 0.0517. The number of hydrazone groups is 2. The van der Waals surface area contributed by atoms with Gasteiger partial charge in [0.05, 0.1) is 19.5 Å². The van der Waals surface area contributed by atoms with Crippen LogP contribution in [0.5, 0.6) is 23.0 Å². The smallest absolute Gasteiger partial charge is 0.488 e. The van der Waals surface area contributed by atoms with Gasteiger partial charge in [-0.05, 0) is 170 Å². The Morgan fingerprint density at radius 2 is 1.05 bits per heavy atom. The summed E-state index contributed by atoms with van der Waals surface area (Å²) in [5, 5.41) is 14.7. The van der Waals surface area contributed by atoms with Crippen molar-refractivity contribution in [3.8, 4) is 23.0 Å². The predicted octanol–water partition coefficient (Wildman–Crippen LogP) is 11.2. The Hall–Kier alpha value is -5.27. The maximum absolute atomic E-state index is 12.1. The van der Waals surface area contributed by atoms with E-state index in [2.05, 4.69) is 41.6 Å². The van der Waals surface area contributed by atoms with Crippen molar-refractivity contribution >= 4 is 61.9 Å². The monoisotopic (exact) mass is 965 g/mol. The number of carbonyl (C=O) groups is 2. The summed E-state index contributed by atoms with van der Waals surface area (Å²) < 4.78 is 38.8. The second-order valence-electron chi connectivity index (χ2n) is 17.4. The van der Waals surface area contributed by atoms with Crippen LogP contribution in [0.1, 0.15) is 91.0 Å². The van der Waals surface area contributed by atoms with Gasteiger partial charge in [-0.3, -0.25) is 4.52 Å². The van der Waals surface area contributed by atoms with Gasteiger partial charge < -0.3 is 33.9 Å². The summed E-state index contributed by atoms with van der Waals surface area (Å²) in [5.41, 5.74) is 2.24. The zero-order valence-corrected chi connectivity index (χ0v) is 42.6. The van der Waals surface area contributed by atoms with E-state index >= 15 is 0 Å². The largest absolute Gasteiger partial charge is 0.540 e. The molecule has 4 rings (SSSR count). The topological polar surface area (TPSA) is 145 Å². The van der Waals surface area contributed by atoms with E-state index in [-0.39, 0.29) is 5.60 Å². The molecule has 0 saturated heterocycles. The molecule has 0 heterocycles. The maximum Gasteiger partial charge on any atom is 0.540 e. The first-order valence-electron chi connectivity index (χ1n) is 21.2. The molecular formula is C47H63N6O8P2S2+. The van der Waals surface area contributed by atoms with E-state index in [0.29, 0.717) is 43.2 Å². The average Bonchev–Trinajstić information content (AvgIpc) is 3.22. The van der Waals surface area contributed by atoms with Gasteiger partial charge in [0.25, 0.3) is 0 Å². The summed E-state index contributed by atoms with van der Waals surface area (Å²) >= 11 is 11.8. The number of benzene rings is 4. The molecule has 350 valence electrons. The van der Waals surface area contributed by atoms with Crippen LogP contribution in [0, 0.1) is 0 Å². The van der Waals surface area contributed by atoms with E-state index in [9.17, 15) is 9.59 Å². The minimum absolute atomic E-state index is 0.237. The normalized spacial score (nSPS) is 12.3. The van der Waals surface area contributed by atoms with Gasteiger partial charge >= 0.3 is 25.9 Å². The Morgan fingerprint density at radius 1 is 0.646 bits per heavy atom. The maximum atomic E-state index is 12.1. The molecule has 2 N–H and O–H groups in total. The molecule has 0 fully saturated rings. The summed E-state index contributed by atoms with van der Waals surface area (Å²) in [5.74, 6) is 2.36. The van der Waals surface area contributed by atoms with Crippen LogP contribution in [0.15, 0.2) is 107 Å². The van der Waals surface area contributed by atoms with Crippen LogP contribution in [0.2, 0.25) is 0 Å². The first-order chi connectivity index (χ1) is 30.5. The van der Waals surface area contributed by atoms with Crippen molar-refractivity contribution in [3.05, 3.63) is 119 Å². The third kappa shape index (κ3) is 19.4. The minimum atomic E-state index is -3.35. The van der Waals surface area contributed by atoms with Crippen LogP contribution in [0.4, 0.5) is 9.59 Å². The van der Waals surface area contributed by atoms with Crippen molar-refractivity contribution in [2.24, 2.45) is 10.2 Å². The van der Waals surface area contributed by atoms with Gasteiger partial charge in [-0.1, -0.05) is 36.0 Å². The fourth-order valence-electron chi connectivity index (χ4n) is 5.27. The summed E-state index contributed by atoms with van der Waals surface area (Å²) in [6, 6.07) is 29.9. The Balaban J connectivity index is 1.41. The number of rotatable bonds is 21. The van der Waals surface area contributed by atoms with Gasteiger partial charge in [-0.25, -0.2) is 14.4 Å². The molecule has 1 atom stereocenters. The van der Waals surface area contributed by atoms with E-state index in [1.807, 2.05) is 139 Å². The summed E-state index contributed by atoms with van der Waals surface area (Å²) in [6.07, 6.45) is 4.52. The third-order valence-corrected chi connectivity index (χ3v) is 13.7. The van der Waals surface area contributed by atoms with Crippen molar-refractivity contribution < 1.29 is 37.4 Å². The number of amides is 2. The second kappa shape index (κ2) is 23.8. The van der Waals surface area contributed by atoms with Crippen molar-refractivity contribution in [2.45, 2.75) is 98.4 Å².